The summed E-state index contributed by atoms with van der Waals surface area (Å²) in [5.74, 6) is -0.798. The van der Waals surface area contributed by atoms with Crippen molar-refractivity contribution in [3.8, 4) is 0 Å². The third-order valence-corrected chi connectivity index (χ3v) is 4.56. The van der Waals surface area contributed by atoms with E-state index < -0.39 is 30.4 Å². The predicted octanol–water partition coefficient (Wildman–Crippen LogP) is 2.56. The third-order valence-electron chi connectivity index (χ3n) is 4.56. The Kier molecular flexibility index (Phi) is 11.4. The van der Waals surface area contributed by atoms with Gasteiger partial charge < -0.3 is 25.2 Å². The minimum absolute atomic E-state index is 0.151. The molecule has 1 heterocycles. The van der Waals surface area contributed by atoms with E-state index in [2.05, 4.69) is 6.92 Å². The third kappa shape index (κ3) is 9.48. The van der Waals surface area contributed by atoms with Crippen LogP contribution in [-0.4, -0.2) is 56.9 Å². The van der Waals surface area contributed by atoms with E-state index in [1.165, 1.54) is 0 Å². The fourth-order valence-corrected chi connectivity index (χ4v) is 2.98. The number of carboxylic acid groups (broad SMARTS) is 1. The number of aliphatic carboxylic acids is 1. The van der Waals surface area contributed by atoms with Gasteiger partial charge in [-0.1, -0.05) is 50.5 Å². The second-order valence-corrected chi connectivity index (χ2v) is 6.95. The van der Waals surface area contributed by atoms with Gasteiger partial charge in [0.1, 0.15) is 0 Å². The molecule has 0 aliphatic carbocycles. The fraction of sp³-hybridized carbons (Fsp3) is 0.750. The number of carbonyl (C=O) groups is 1. The Balaban J connectivity index is 2.30. The van der Waals surface area contributed by atoms with Crippen molar-refractivity contribution in [2.45, 2.75) is 95.2 Å². The van der Waals surface area contributed by atoms with Crippen molar-refractivity contribution in [1.82, 2.24) is 0 Å². The number of rotatable bonds is 13. The van der Waals surface area contributed by atoms with Crippen LogP contribution in [0.2, 0.25) is 0 Å². The highest BCUT2D eigenvalue weighted by Gasteiger charge is 2.36. The molecule has 6 nitrogen and oxygen atoms in total. The van der Waals surface area contributed by atoms with Crippen LogP contribution in [0.15, 0.2) is 24.3 Å². The van der Waals surface area contributed by atoms with Gasteiger partial charge in [0.05, 0.1) is 30.5 Å². The van der Waals surface area contributed by atoms with Gasteiger partial charge in [-0.2, -0.15) is 0 Å². The minimum Gasteiger partial charge on any atom is -0.481 e. The Morgan fingerprint density at radius 1 is 1.19 bits per heavy atom. The van der Waals surface area contributed by atoms with E-state index in [-0.39, 0.29) is 12.5 Å². The lowest BCUT2D eigenvalue weighted by molar-refractivity contribution is -0.137. The van der Waals surface area contributed by atoms with Crippen LogP contribution in [-0.2, 0) is 9.53 Å². The predicted molar refractivity (Wildman–Crippen MR) is 99.8 cm³/mol. The molecule has 1 aliphatic heterocycles. The molecule has 150 valence electrons. The van der Waals surface area contributed by atoms with Crippen LogP contribution in [0.25, 0.3) is 0 Å². The Morgan fingerprint density at radius 3 is 2.65 bits per heavy atom. The molecule has 0 amide bonds. The fourth-order valence-electron chi connectivity index (χ4n) is 2.98. The maximum Gasteiger partial charge on any atom is 0.303 e. The van der Waals surface area contributed by atoms with E-state index in [0.29, 0.717) is 32.1 Å². The molecule has 0 aromatic carbocycles. The molecule has 0 spiro atoms. The average Bonchev–Trinajstić information content (AvgIpc) is 2.97. The van der Waals surface area contributed by atoms with E-state index in [1.54, 1.807) is 12.2 Å². The lowest BCUT2D eigenvalue weighted by Gasteiger charge is -2.16. The highest BCUT2D eigenvalue weighted by atomic mass is 16.5. The van der Waals surface area contributed by atoms with E-state index in [9.17, 15) is 20.1 Å². The maximum atomic E-state index is 10.4. The van der Waals surface area contributed by atoms with Gasteiger partial charge in [0.25, 0.3) is 0 Å². The number of aliphatic hydroxyl groups excluding tert-OH is 3. The molecular weight excluding hydrogens is 336 g/mol. The molecule has 26 heavy (non-hydrogen) atoms. The normalized spacial score (nSPS) is 25.9. The van der Waals surface area contributed by atoms with Gasteiger partial charge in [-0.15, -0.1) is 0 Å². The SMILES string of the molecule is CCCCC[C@@H](O)/C=C/[C@H](O)[C@H]1C[C@@H](O)[C@@H](C/C=C\CCCC(=O)O)O1. The molecule has 6 heteroatoms. The van der Waals surface area contributed by atoms with Crippen molar-refractivity contribution in [2.24, 2.45) is 0 Å². The second-order valence-electron chi connectivity index (χ2n) is 6.95. The van der Waals surface area contributed by atoms with E-state index in [4.69, 9.17) is 9.84 Å². The van der Waals surface area contributed by atoms with Crippen molar-refractivity contribution >= 4 is 5.97 Å². The number of carboxylic acids is 1. The number of hydrogen-bond donors (Lipinski definition) is 4. The van der Waals surface area contributed by atoms with Crippen LogP contribution in [0.3, 0.4) is 0 Å². The first kappa shape index (κ1) is 22.8. The number of hydrogen-bond acceptors (Lipinski definition) is 5. The first-order valence-corrected chi connectivity index (χ1v) is 9.68. The highest BCUT2D eigenvalue weighted by Crippen LogP contribution is 2.26. The Hall–Kier alpha value is -1.21. The molecule has 0 aromatic rings. The van der Waals surface area contributed by atoms with Crippen LogP contribution < -0.4 is 0 Å². The summed E-state index contributed by atoms with van der Waals surface area (Å²) in [4.78, 5) is 10.4. The van der Waals surface area contributed by atoms with Gasteiger partial charge in [-0.3, -0.25) is 4.79 Å². The van der Waals surface area contributed by atoms with Crippen molar-refractivity contribution in [2.75, 3.05) is 0 Å². The summed E-state index contributed by atoms with van der Waals surface area (Å²) in [5.41, 5.74) is 0. The lowest BCUT2D eigenvalue weighted by atomic mass is 10.0. The van der Waals surface area contributed by atoms with E-state index in [1.807, 2.05) is 12.2 Å². The molecule has 4 N–H and O–H groups in total. The monoisotopic (exact) mass is 370 g/mol. The second kappa shape index (κ2) is 13.0. The van der Waals surface area contributed by atoms with Gasteiger partial charge in [0, 0.05) is 12.8 Å². The van der Waals surface area contributed by atoms with Crippen LogP contribution in [0.5, 0.6) is 0 Å². The first-order valence-electron chi connectivity index (χ1n) is 9.68. The van der Waals surface area contributed by atoms with Crippen molar-refractivity contribution in [3.63, 3.8) is 0 Å². The highest BCUT2D eigenvalue weighted by molar-refractivity contribution is 5.66. The zero-order valence-electron chi connectivity index (χ0n) is 15.7. The van der Waals surface area contributed by atoms with Crippen molar-refractivity contribution < 1.29 is 30.0 Å². The largest absolute Gasteiger partial charge is 0.481 e. The first-order chi connectivity index (χ1) is 12.4. The van der Waals surface area contributed by atoms with E-state index >= 15 is 0 Å². The molecule has 0 unspecified atom stereocenters. The van der Waals surface area contributed by atoms with Crippen LogP contribution in [0, 0.1) is 0 Å². The van der Waals surface area contributed by atoms with Gasteiger partial charge in [0.2, 0.25) is 0 Å². The number of aliphatic hydroxyl groups is 3. The quantitative estimate of drug-likeness (QED) is 0.293. The number of allylic oxidation sites excluding steroid dienone is 1. The van der Waals surface area contributed by atoms with Gasteiger partial charge in [0.15, 0.2) is 0 Å². The standard InChI is InChI=1S/C20H34O6/c1-2-3-6-9-15(21)12-13-16(22)19-14-17(23)18(26-19)10-7-4-5-8-11-20(24)25/h4,7,12-13,15-19,21-23H,2-3,5-6,8-11,14H2,1H3,(H,24,25)/b7-4-,13-12+/t15-,16+,17-,18-,19-/m1/s1. The summed E-state index contributed by atoms with van der Waals surface area (Å²) >= 11 is 0. The number of unbranched alkanes of at least 4 members (excludes halogenated alkanes) is 3. The summed E-state index contributed by atoms with van der Waals surface area (Å²) < 4.78 is 5.73. The summed E-state index contributed by atoms with van der Waals surface area (Å²) in [5, 5.41) is 38.7. The van der Waals surface area contributed by atoms with Gasteiger partial charge >= 0.3 is 5.97 Å². The Labute approximate surface area is 156 Å². The minimum atomic E-state index is -0.852. The number of ether oxygens (including phenoxy) is 1. The molecule has 0 radical (unpaired) electrons. The van der Waals surface area contributed by atoms with E-state index in [0.717, 1.165) is 19.3 Å². The smallest absolute Gasteiger partial charge is 0.303 e. The Morgan fingerprint density at radius 2 is 1.96 bits per heavy atom. The summed E-state index contributed by atoms with van der Waals surface area (Å²) in [7, 11) is 0. The summed E-state index contributed by atoms with van der Waals surface area (Å²) in [6.45, 7) is 2.11. The zero-order chi connectivity index (χ0) is 19.4. The summed E-state index contributed by atoms with van der Waals surface area (Å²) in [6.07, 6.45) is 10.2. The zero-order valence-corrected chi connectivity index (χ0v) is 15.7. The molecule has 0 aromatic heterocycles. The molecule has 1 aliphatic rings. The Bertz CT molecular complexity index is 448. The molecule has 1 fully saturated rings. The maximum absolute atomic E-state index is 10.4. The van der Waals surface area contributed by atoms with Crippen molar-refractivity contribution in [1.29, 1.82) is 0 Å². The molecule has 0 bridgehead atoms. The van der Waals surface area contributed by atoms with Crippen molar-refractivity contribution in [3.05, 3.63) is 24.3 Å². The van der Waals surface area contributed by atoms with Crippen LogP contribution >= 0.6 is 0 Å². The summed E-state index contributed by atoms with van der Waals surface area (Å²) in [6, 6.07) is 0. The van der Waals surface area contributed by atoms with Gasteiger partial charge in [-0.25, -0.2) is 0 Å². The lowest BCUT2D eigenvalue weighted by Crippen LogP contribution is -2.24. The molecule has 0 saturated carbocycles. The molecule has 5 atom stereocenters. The average molecular weight is 370 g/mol. The van der Waals surface area contributed by atoms with Crippen LogP contribution in [0.1, 0.15) is 64.7 Å². The topological polar surface area (TPSA) is 107 Å². The molecular formula is C20H34O6. The molecule has 1 rings (SSSR count). The molecule has 1 saturated heterocycles. The van der Waals surface area contributed by atoms with Crippen LogP contribution in [0.4, 0.5) is 0 Å². The van der Waals surface area contributed by atoms with Gasteiger partial charge in [-0.05, 0) is 25.7 Å².